The first-order chi connectivity index (χ1) is 9.28. The molecule has 1 aliphatic carbocycles. The lowest BCUT2D eigenvalue weighted by Crippen LogP contribution is -2.07. The quantitative estimate of drug-likeness (QED) is 0.783. The molecule has 2 heterocycles. The average molecular weight is 298 g/mol. The zero-order valence-corrected chi connectivity index (χ0v) is 12.3. The fourth-order valence-electron chi connectivity index (χ4n) is 2.98. The lowest BCUT2D eigenvalue weighted by molar-refractivity contribution is 0.457. The number of imidazole rings is 1. The van der Waals surface area contributed by atoms with Gasteiger partial charge in [-0.05, 0) is 18.4 Å². The number of pyridine rings is 1. The molecule has 5 heteroatoms. The first kappa shape index (κ1) is 13.2. The van der Waals surface area contributed by atoms with Gasteiger partial charge in [-0.2, -0.15) is 0 Å². The molecule has 0 amide bonds. The number of hydrogen-bond acceptors (Lipinski definition) is 2. The highest BCUT2D eigenvalue weighted by atomic mass is 35.5. The molecule has 0 aromatic carbocycles. The SMILES string of the molecule is ClCc1nc2cc(Cl)cnc2n1CCC1CCCC1. The van der Waals surface area contributed by atoms with Crippen LogP contribution in [0.4, 0.5) is 0 Å². The van der Waals surface area contributed by atoms with Gasteiger partial charge in [0.1, 0.15) is 11.3 Å². The summed E-state index contributed by atoms with van der Waals surface area (Å²) in [5.41, 5.74) is 1.74. The van der Waals surface area contributed by atoms with Gasteiger partial charge < -0.3 is 4.57 Å². The Bertz CT molecular complexity index is 573. The van der Waals surface area contributed by atoms with Crippen LogP contribution in [-0.4, -0.2) is 14.5 Å². The van der Waals surface area contributed by atoms with Crippen molar-refractivity contribution in [3.05, 3.63) is 23.1 Å². The third-order valence-electron chi connectivity index (χ3n) is 3.99. The Kier molecular flexibility index (Phi) is 3.94. The molecule has 0 bridgehead atoms. The maximum absolute atomic E-state index is 5.99. The Morgan fingerprint density at radius 2 is 2.11 bits per heavy atom. The standard InChI is InChI=1S/C14H17Cl2N3/c15-8-13-18-12-7-11(16)9-17-14(12)19(13)6-5-10-3-1-2-4-10/h7,9-10H,1-6,8H2. The minimum absolute atomic E-state index is 0.415. The highest BCUT2D eigenvalue weighted by Crippen LogP contribution is 2.29. The van der Waals surface area contributed by atoms with Crippen LogP contribution in [0.25, 0.3) is 11.2 Å². The third-order valence-corrected chi connectivity index (χ3v) is 4.43. The number of hydrogen-bond donors (Lipinski definition) is 0. The topological polar surface area (TPSA) is 30.7 Å². The second kappa shape index (κ2) is 5.68. The van der Waals surface area contributed by atoms with E-state index in [2.05, 4.69) is 14.5 Å². The normalized spacial score (nSPS) is 16.5. The zero-order chi connectivity index (χ0) is 13.2. The Balaban J connectivity index is 1.87. The van der Waals surface area contributed by atoms with E-state index in [0.717, 1.165) is 29.5 Å². The summed E-state index contributed by atoms with van der Waals surface area (Å²) in [6.45, 7) is 0.956. The van der Waals surface area contributed by atoms with E-state index in [0.29, 0.717) is 10.9 Å². The molecule has 1 saturated carbocycles. The molecule has 0 saturated heterocycles. The van der Waals surface area contributed by atoms with Gasteiger partial charge in [0, 0.05) is 12.7 Å². The van der Waals surface area contributed by atoms with Crippen molar-refractivity contribution in [1.29, 1.82) is 0 Å². The molecule has 0 spiro atoms. The van der Waals surface area contributed by atoms with E-state index in [4.69, 9.17) is 23.2 Å². The van der Waals surface area contributed by atoms with E-state index in [-0.39, 0.29) is 0 Å². The molecule has 0 radical (unpaired) electrons. The van der Waals surface area contributed by atoms with E-state index in [9.17, 15) is 0 Å². The number of aromatic nitrogens is 3. The molecule has 0 N–H and O–H groups in total. The fraction of sp³-hybridized carbons (Fsp3) is 0.571. The first-order valence-electron chi connectivity index (χ1n) is 6.84. The summed E-state index contributed by atoms with van der Waals surface area (Å²) in [7, 11) is 0. The van der Waals surface area contributed by atoms with Gasteiger partial charge >= 0.3 is 0 Å². The third kappa shape index (κ3) is 2.72. The van der Waals surface area contributed by atoms with Gasteiger partial charge in [-0.25, -0.2) is 9.97 Å². The molecule has 0 aliphatic heterocycles. The molecule has 0 atom stereocenters. The molecular formula is C14H17Cl2N3. The fourth-order valence-corrected chi connectivity index (χ4v) is 3.34. The van der Waals surface area contributed by atoms with E-state index >= 15 is 0 Å². The molecule has 3 rings (SSSR count). The summed E-state index contributed by atoms with van der Waals surface area (Å²) >= 11 is 12.0. The lowest BCUT2D eigenvalue weighted by atomic mass is 10.0. The van der Waals surface area contributed by atoms with Gasteiger partial charge in [0.2, 0.25) is 0 Å². The van der Waals surface area contributed by atoms with Crippen molar-refractivity contribution in [2.45, 2.75) is 44.5 Å². The van der Waals surface area contributed by atoms with Gasteiger partial charge in [0.05, 0.1) is 10.9 Å². The number of fused-ring (bicyclic) bond motifs is 1. The molecule has 102 valence electrons. The number of alkyl halides is 1. The maximum atomic E-state index is 5.99. The summed E-state index contributed by atoms with van der Waals surface area (Å²) in [6.07, 6.45) is 8.36. The van der Waals surface area contributed by atoms with Crippen LogP contribution >= 0.6 is 23.2 Å². The molecule has 0 unspecified atom stereocenters. The van der Waals surface area contributed by atoms with Crippen LogP contribution in [-0.2, 0) is 12.4 Å². The predicted octanol–water partition coefficient (Wildman–Crippen LogP) is 4.40. The molecular weight excluding hydrogens is 281 g/mol. The van der Waals surface area contributed by atoms with Crippen LogP contribution in [0.5, 0.6) is 0 Å². The Morgan fingerprint density at radius 1 is 1.32 bits per heavy atom. The van der Waals surface area contributed by atoms with Crippen molar-refractivity contribution in [1.82, 2.24) is 14.5 Å². The van der Waals surface area contributed by atoms with Gasteiger partial charge in [-0.3, -0.25) is 0 Å². The Hall–Kier alpha value is -0.800. The smallest absolute Gasteiger partial charge is 0.160 e. The summed E-state index contributed by atoms with van der Waals surface area (Å²) < 4.78 is 2.15. The predicted molar refractivity (Wildman–Crippen MR) is 78.7 cm³/mol. The molecule has 2 aromatic heterocycles. The molecule has 19 heavy (non-hydrogen) atoms. The van der Waals surface area contributed by atoms with Crippen molar-refractivity contribution >= 4 is 34.4 Å². The van der Waals surface area contributed by atoms with Gasteiger partial charge in [0.25, 0.3) is 0 Å². The van der Waals surface area contributed by atoms with Gasteiger partial charge in [0.15, 0.2) is 5.65 Å². The zero-order valence-electron chi connectivity index (χ0n) is 10.8. The van der Waals surface area contributed by atoms with Crippen molar-refractivity contribution < 1.29 is 0 Å². The molecule has 1 fully saturated rings. The second-order valence-electron chi connectivity index (χ2n) is 5.25. The van der Waals surface area contributed by atoms with Crippen molar-refractivity contribution in [3.8, 4) is 0 Å². The largest absolute Gasteiger partial charge is 0.312 e. The van der Waals surface area contributed by atoms with Gasteiger partial charge in [-0.1, -0.05) is 37.3 Å². The lowest BCUT2D eigenvalue weighted by Gasteiger charge is -2.11. The van der Waals surface area contributed by atoms with E-state index < -0.39 is 0 Å². The van der Waals surface area contributed by atoms with Gasteiger partial charge in [-0.15, -0.1) is 11.6 Å². The van der Waals surface area contributed by atoms with E-state index in [1.807, 2.05) is 6.07 Å². The number of nitrogens with zero attached hydrogens (tertiary/aromatic N) is 3. The molecule has 2 aromatic rings. The highest BCUT2D eigenvalue weighted by molar-refractivity contribution is 6.31. The second-order valence-corrected chi connectivity index (χ2v) is 5.95. The highest BCUT2D eigenvalue weighted by Gasteiger charge is 2.17. The first-order valence-corrected chi connectivity index (χ1v) is 7.76. The van der Waals surface area contributed by atoms with E-state index in [1.54, 1.807) is 6.20 Å². The number of aryl methyl sites for hydroxylation is 1. The van der Waals surface area contributed by atoms with Crippen molar-refractivity contribution in [3.63, 3.8) is 0 Å². The Morgan fingerprint density at radius 3 is 2.84 bits per heavy atom. The maximum Gasteiger partial charge on any atom is 0.160 e. The van der Waals surface area contributed by atoms with Crippen LogP contribution in [0.3, 0.4) is 0 Å². The summed E-state index contributed by atoms with van der Waals surface area (Å²) in [5, 5.41) is 0.620. The summed E-state index contributed by atoms with van der Waals surface area (Å²) in [4.78, 5) is 8.93. The van der Waals surface area contributed by atoms with Crippen LogP contribution in [0.15, 0.2) is 12.3 Å². The number of rotatable bonds is 4. The molecule has 1 aliphatic rings. The average Bonchev–Trinajstić information content (AvgIpc) is 3.02. The van der Waals surface area contributed by atoms with Crippen LogP contribution < -0.4 is 0 Å². The van der Waals surface area contributed by atoms with Crippen LogP contribution in [0.2, 0.25) is 5.02 Å². The van der Waals surface area contributed by atoms with Crippen molar-refractivity contribution in [2.24, 2.45) is 5.92 Å². The molecule has 3 nitrogen and oxygen atoms in total. The minimum Gasteiger partial charge on any atom is -0.312 e. The Labute approximate surface area is 122 Å². The minimum atomic E-state index is 0.415. The van der Waals surface area contributed by atoms with Crippen LogP contribution in [0.1, 0.15) is 37.9 Å². The van der Waals surface area contributed by atoms with Crippen LogP contribution in [0, 0.1) is 5.92 Å². The van der Waals surface area contributed by atoms with Crippen molar-refractivity contribution in [2.75, 3.05) is 0 Å². The summed E-state index contributed by atoms with van der Waals surface area (Å²) in [5.74, 6) is 2.16. The summed E-state index contributed by atoms with van der Waals surface area (Å²) in [6, 6.07) is 1.85. The number of halogens is 2. The monoisotopic (exact) mass is 297 g/mol. The van der Waals surface area contributed by atoms with E-state index in [1.165, 1.54) is 32.1 Å².